The predicted octanol–water partition coefficient (Wildman–Crippen LogP) is 3.09. The number of nitro groups is 1. The number of hydrogen-bond donors (Lipinski definition) is 1. The van der Waals surface area contributed by atoms with E-state index in [4.69, 9.17) is 0 Å². The second kappa shape index (κ2) is 5.72. The highest BCUT2D eigenvalue weighted by Crippen LogP contribution is 2.39. The first-order chi connectivity index (χ1) is 11.1. The smallest absolute Gasteiger partial charge is 0.311 e. The summed E-state index contributed by atoms with van der Waals surface area (Å²) in [5, 5.41) is 15.9. The highest BCUT2D eigenvalue weighted by atomic mass is 79.9. The van der Waals surface area contributed by atoms with Crippen LogP contribution in [0.3, 0.4) is 0 Å². The average molecular weight is 377 g/mol. The average Bonchev–Trinajstić information content (AvgIpc) is 3.01. The minimum Gasteiger partial charge on any atom is -0.365 e. The maximum Gasteiger partial charge on any atom is 0.311 e. The lowest BCUT2D eigenvalue weighted by atomic mass is 9.92. The van der Waals surface area contributed by atoms with Crippen LogP contribution in [0.1, 0.15) is 12.8 Å². The third-order valence-electron chi connectivity index (χ3n) is 4.95. The summed E-state index contributed by atoms with van der Waals surface area (Å²) in [6.07, 6.45) is 3.56. The SMILES string of the molecule is O=[N+]([O-])c1cnc2ccc(Br)cc2c1N1CCC2NCCC2C1. The van der Waals surface area contributed by atoms with Crippen molar-refractivity contribution in [1.82, 2.24) is 10.3 Å². The number of aromatic nitrogens is 1. The molecule has 0 radical (unpaired) electrons. The molecule has 4 rings (SSSR count). The number of halogens is 1. The molecular formula is C16H17BrN4O2. The van der Waals surface area contributed by atoms with Crippen LogP contribution < -0.4 is 10.2 Å². The number of pyridine rings is 1. The number of benzene rings is 1. The summed E-state index contributed by atoms with van der Waals surface area (Å²) in [4.78, 5) is 17.7. The molecule has 2 fully saturated rings. The zero-order valence-electron chi connectivity index (χ0n) is 12.5. The molecule has 6 nitrogen and oxygen atoms in total. The van der Waals surface area contributed by atoms with Gasteiger partial charge in [-0.15, -0.1) is 0 Å². The van der Waals surface area contributed by atoms with E-state index in [0.29, 0.717) is 17.6 Å². The highest BCUT2D eigenvalue weighted by Gasteiger charge is 2.35. The Morgan fingerprint density at radius 3 is 3.09 bits per heavy atom. The van der Waals surface area contributed by atoms with E-state index in [1.54, 1.807) is 0 Å². The van der Waals surface area contributed by atoms with E-state index in [-0.39, 0.29) is 10.6 Å². The van der Waals surface area contributed by atoms with Crippen molar-refractivity contribution in [1.29, 1.82) is 0 Å². The summed E-state index contributed by atoms with van der Waals surface area (Å²) < 4.78 is 0.908. The van der Waals surface area contributed by atoms with Gasteiger partial charge in [-0.25, -0.2) is 4.98 Å². The van der Waals surface area contributed by atoms with Crippen LogP contribution in [0.15, 0.2) is 28.9 Å². The normalized spacial score (nSPS) is 24.0. The molecule has 2 atom stereocenters. The Labute approximate surface area is 142 Å². The van der Waals surface area contributed by atoms with Gasteiger partial charge in [-0.05, 0) is 43.5 Å². The summed E-state index contributed by atoms with van der Waals surface area (Å²) in [5.41, 5.74) is 1.60. The Balaban J connectivity index is 1.84. The van der Waals surface area contributed by atoms with Gasteiger partial charge in [0.2, 0.25) is 0 Å². The van der Waals surface area contributed by atoms with E-state index in [0.717, 1.165) is 47.9 Å². The van der Waals surface area contributed by atoms with Crippen LogP contribution in [0.25, 0.3) is 10.9 Å². The first-order valence-corrected chi connectivity index (χ1v) is 8.64. The van der Waals surface area contributed by atoms with Gasteiger partial charge in [0.25, 0.3) is 0 Å². The lowest BCUT2D eigenvalue weighted by Gasteiger charge is -2.36. The Bertz CT molecular complexity index is 782. The largest absolute Gasteiger partial charge is 0.365 e. The predicted molar refractivity (Wildman–Crippen MR) is 92.8 cm³/mol. The lowest BCUT2D eigenvalue weighted by molar-refractivity contribution is -0.384. The maximum absolute atomic E-state index is 11.5. The van der Waals surface area contributed by atoms with Crippen LogP contribution in [-0.4, -0.2) is 35.6 Å². The van der Waals surface area contributed by atoms with Crippen molar-refractivity contribution in [2.75, 3.05) is 24.5 Å². The molecule has 7 heteroatoms. The molecule has 2 aromatic rings. The standard InChI is InChI=1S/C16H17BrN4O2/c17-11-1-2-14-12(7-11)16(15(8-19-14)21(22)23)20-6-4-13-10(9-20)3-5-18-13/h1-2,7-8,10,13,18H,3-6,9H2. The number of piperidine rings is 1. The van der Waals surface area contributed by atoms with Crippen LogP contribution in [0, 0.1) is 16.0 Å². The monoisotopic (exact) mass is 376 g/mol. The van der Waals surface area contributed by atoms with Gasteiger partial charge < -0.3 is 10.2 Å². The quantitative estimate of drug-likeness (QED) is 0.643. The molecule has 0 aliphatic carbocycles. The van der Waals surface area contributed by atoms with Crippen molar-refractivity contribution in [3.8, 4) is 0 Å². The minimum absolute atomic E-state index is 0.0972. The molecule has 2 aliphatic rings. The molecule has 0 spiro atoms. The van der Waals surface area contributed by atoms with Crippen molar-refractivity contribution in [3.05, 3.63) is 39.0 Å². The van der Waals surface area contributed by atoms with Crippen molar-refractivity contribution in [2.24, 2.45) is 5.92 Å². The zero-order valence-corrected chi connectivity index (χ0v) is 14.1. The molecule has 2 unspecified atom stereocenters. The Morgan fingerprint density at radius 2 is 2.26 bits per heavy atom. The van der Waals surface area contributed by atoms with Crippen LogP contribution in [-0.2, 0) is 0 Å². The second-order valence-corrected chi connectivity index (χ2v) is 7.17. The number of anilines is 1. The fourth-order valence-corrected chi connectivity index (χ4v) is 4.22. The Morgan fingerprint density at radius 1 is 1.39 bits per heavy atom. The fraction of sp³-hybridized carbons (Fsp3) is 0.438. The van der Waals surface area contributed by atoms with Crippen LogP contribution in [0.4, 0.5) is 11.4 Å². The van der Waals surface area contributed by atoms with Gasteiger partial charge in [0.1, 0.15) is 11.9 Å². The number of nitrogens with one attached hydrogen (secondary N) is 1. The second-order valence-electron chi connectivity index (χ2n) is 6.25. The molecule has 1 N–H and O–H groups in total. The van der Waals surface area contributed by atoms with Gasteiger partial charge in [-0.2, -0.15) is 0 Å². The Hall–Kier alpha value is -1.73. The van der Waals surface area contributed by atoms with Gasteiger partial charge in [-0.1, -0.05) is 15.9 Å². The van der Waals surface area contributed by atoms with Crippen molar-refractivity contribution >= 4 is 38.2 Å². The number of nitrogens with zero attached hydrogens (tertiary/aromatic N) is 3. The summed E-state index contributed by atoms with van der Waals surface area (Å²) in [5.74, 6) is 0.568. The van der Waals surface area contributed by atoms with Crippen molar-refractivity contribution in [2.45, 2.75) is 18.9 Å². The molecule has 0 amide bonds. The van der Waals surface area contributed by atoms with Crippen LogP contribution in [0.5, 0.6) is 0 Å². The third-order valence-corrected chi connectivity index (χ3v) is 5.44. The minimum atomic E-state index is -0.318. The number of fused-ring (bicyclic) bond motifs is 2. The molecule has 0 bridgehead atoms. The van der Waals surface area contributed by atoms with Crippen molar-refractivity contribution < 1.29 is 4.92 Å². The van der Waals surface area contributed by atoms with E-state index >= 15 is 0 Å². The molecule has 120 valence electrons. The molecule has 0 saturated carbocycles. The van der Waals surface area contributed by atoms with Crippen molar-refractivity contribution in [3.63, 3.8) is 0 Å². The first-order valence-electron chi connectivity index (χ1n) is 7.84. The van der Waals surface area contributed by atoms with E-state index in [1.165, 1.54) is 6.20 Å². The van der Waals surface area contributed by atoms with Gasteiger partial charge in [-0.3, -0.25) is 10.1 Å². The molecule has 2 saturated heterocycles. The maximum atomic E-state index is 11.5. The fourth-order valence-electron chi connectivity index (χ4n) is 3.86. The molecule has 1 aromatic carbocycles. The van der Waals surface area contributed by atoms with E-state index in [1.807, 2.05) is 18.2 Å². The van der Waals surface area contributed by atoms with Gasteiger partial charge >= 0.3 is 5.69 Å². The summed E-state index contributed by atoms with van der Waals surface area (Å²) >= 11 is 3.47. The van der Waals surface area contributed by atoms with E-state index in [2.05, 4.69) is 31.1 Å². The van der Waals surface area contributed by atoms with Gasteiger partial charge in [0.15, 0.2) is 0 Å². The topological polar surface area (TPSA) is 71.3 Å². The first kappa shape index (κ1) is 14.8. The molecule has 3 heterocycles. The molecule has 2 aliphatic heterocycles. The summed E-state index contributed by atoms with van der Waals surface area (Å²) in [7, 11) is 0. The number of hydrogen-bond acceptors (Lipinski definition) is 5. The molecule has 1 aromatic heterocycles. The molecular weight excluding hydrogens is 360 g/mol. The molecule has 23 heavy (non-hydrogen) atoms. The summed E-state index contributed by atoms with van der Waals surface area (Å²) in [6, 6.07) is 6.31. The van der Waals surface area contributed by atoms with Crippen LogP contribution >= 0.6 is 15.9 Å². The van der Waals surface area contributed by atoms with E-state index in [9.17, 15) is 10.1 Å². The lowest BCUT2D eigenvalue weighted by Crippen LogP contribution is -2.44. The van der Waals surface area contributed by atoms with Gasteiger partial charge in [0.05, 0.1) is 10.4 Å². The third kappa shape index (κ3) is 2.57. The Kier molecular flexibility index (Phi) is 3.69. The zero-order chi connectivity index (χ0) is 16.0. The number of rotatable bonds is 2. The summed E-state index contributed by atoms with van der Waals surface area (Å²) in [6.45, 7) is 2.75. The van der Waals surface area contributed by atoms with Gasteiger partial charge in [0, 0.05) is 29.0 Å². The van der Waals surface area contributed by atoms with Crippen LogP contribution in [0.2, 0.25) is 0 Å². The van der Waals surface area contributed by atoms with E-state index < -0.39 is 0 Å². The highest BCUT2D eigenvalue weighted by molar-refractivity contribution is 9.10.